The van der Waals surface area contributed by atoms with Crippen LogP contribution in [0.15, 0.2) is 36.5 Å². The Morgan fingerprint density at radius 2 is 0.956 bits per heavy atom. The number of hydrogen-bond acceptors (Lipinski definition) is 4. The fourth-order valence-electron chi connectivity index (χ4n) is 5.64. The van der Waals surface area contributed by atoms with Crippen LogP contribution >= 0.6 is 0 Å². The molecule has 3 atom stereocenters. The third kappa shape index (κ3) is 32.3. The minimum absolute atomic E-state index is 0.00473. The van der Waals surface area contributed by atoms with Crippen molar-refractivity contribution >= 4 is 5.91 Å². The molecular formula is C40H75NO4. The first-order valence-corrected chi connectivity index (χ1v) is 19.3. The first-order valence-electron chi connectivity index (χ1n) is 19.3. The fourth-order valence-corrected chi connectivity index (χ4v) is 5.64. The molecule has 0 heterocycles. The predicted molar refractivity (Wildman–Crippen MR) is 194 cm³/mol. The molecule has 5 heteroatoms. The van der Waals surface area contributed by atoms with Crippen LogP contribution in [0.3, 0.4) is 0 Å². The molecule has 0 aliphatic carbocycles. The van der Waals surface area contributed by atoms with Gasteiger partial charge in [0.15, 0.2) is 0 Å². The van der Waals surface area contributed by atoms with Crippen LogP contribution in [0.1, 0.15) is 187 Å². The van der Waals surface area contributed by atoms with Gasteiger partial charge in [-0.1, -0.05) is 159 Å². The Labute approximate surface area is 279 Å². The van der Waals surface area contributed by atoms with Gasteiger partial charge < -0.3 is 20.6 Å². The smallest absolute Gasteiger partial charge is 0.222 e. The van der Waals surface area contributed by atoms with E-state index in [1.54, 1.807) is 6.08 Å². The van der Waals surface area contributed by atoms with E-state index in [2.05, 4.69) is 43.5 Å². The molecule has 0 radical (unpaired) electrons. The van der Waals surface area contributed by atoms with Gasteiger partial charge in [0.05, 0.1) is 31.3 Å². The van der Waals surface area contributed by atoms with Gasteiger partial charge in [0.1, 0.15) is 0 Å². The van der Waals surface area contributed by atoms with Crippen LogP contribution < -0.4 is 5.32 Å². The highest BCUT2D eigenvalue weighted by atomic mass is 16.3. The lowest BCUT2D eigenvalue weighted by Crippen LogP contribution is -2.45. The van der Waals surface area contributed by atoms with E-state index in [1.807, 2.05) is 6.08 Å². The molecule has 5 nitrogen and oxygen atoms in total. The normalized spacial score (nSPS) is 14.2. The summed E-state index contributed by atoms with van der Waals surface area (Å²) >= 11 is 0. The number of nitrogens with one attached hydrogen (secondary N) is 1. The highest BCUT2D eigenvalue weighted by molar-refractivity contribution is 5.76. The minimum Gasteiger partial charge on any atom is -0.394 e. The molecule has 0 fully saturated rings. The van der Waals surface area contributed by atoms with Crippen LogP contribution in [0.4, 0.5) is 0 Å². The number of carbonyl (C=O) groups excluding carboxylic acids is 1. The number of unbranched alkanes of at least 4 members (excludes halogenated alkanes) is 21. The lowest BCUT2D eigenvalue weighted by atomic mass is 10.0. The monoisotopic (exact) mass is 634 g/mol. The van der Waals surface area contributed by atoms with Gasteiger partial charge in [0.25, 0.3) is 0 Å². The number of hydrogen-bond donors (Lipinski definition) is 4. The molecule has 0 aliphatic rings. The fraction of sp³-hybridized carbons (Fsp3) is 0.825. The molecule has 0 aromatic heterocycles. The van der Waals surface area contributed by atoms with E-state index in [0.29, 0.717) is 6.42 Å². The lowest BCUT2D eigenvalue weighted by molar-refractivity contribution is -0.124. The lowest BCUT2D eigenvalue weighted by Gasteiger charge is -2.20. The van der Waals surface area contributed by atoms with Crippen molar-refractivity contribution in [3.8, 4) is 0 Å². The number of allylic oxidation sites excluding steroid dienone is 5. The number of aliphatic hydroxyl groups is 3. The molecule has 0 aromatic rings. The van der Waals surface area contributed by atoms with Crippen molar-refractivity contribution in [2.24, 2.45) is 0 Å². The van der Waals surface area contributed by atoms with E-state index < -0.39 is 18.2 Å². The van der Waals surface area contributed by atoms with Crippen molar-refractivity contribution in [2.45, 2.75) is 205 Å². The first kappa shape index (κ1) is 43.6. The average Bonchev–Trinajstić information content (AvgIpc) is 3.03. The zero-order chi connectivity index (χ0) is 33.1. The Balaban J connectivity index is 3.79. The van der Waals surface area contributed by atoms with Crippen molar-refractivity contribution in [3.63, 3.8) is 0 Å². The predicted octanol–water partition coefficient (Wildman–Crippen LogP) is 10.4. The van der Waals surface area contributed by atoms with Crippen LogP contribution in [0, 0.1) is 0 Å². The third-order valence-electron chi connectivity index (χ3n) is 8.65. The number of amides is 1. The maximum atomic E-state index is 12.4. The molecule has 0 aromatic carbocycles. The number of rotatable bonds is 34. The Bertz CT molecular complexity index is 704. The standard InChI is InChI=1S/C40H75NO4/c1-3-5-7-9-11-13-15-17-19-20-21-23-25-27-29-31-33-37(43)35-40(45)41-38(36-42)39(44)34-32-30-28-26-24-22-18-16-14-12-10-8-6-4-2/h21,23-24,26,32,34,37-39,42-44H,3-20,22,25,27-31,33,35-36H2,1-2H3,(H,41,45)/b23-21-,26-24+,34-32+. The molecule has 45 heavy (non-hydrogen) atoms. The summed E-state index contributed by atoms with van der Waals surface area (Å²) in [5, 5.41) is 33.0. The molecule has 264 valence electrons. The molecule has 4 N–H and O–H groups in total. The molecule has 0 rings (SSSR count). The average molecular weight is 634 g/mol. The summed E-state index contributed by atoms with van der Waals surface area (Å²) < 4.78 is 0. The Kier molecular flexibility index (Phi) is 34.3. The molecular weight excluding hydrogens is 558 g/mol. The summed E-state index contributed by atoms with van der Waals surface area (Å²) in [7, 11) is 0. The van der Waals surface area contributed by atoms with Gasteiger partial charge in [0.2, 0.25) is 5.91 Å². The SMILES string of the molecule is CCCCCCCCCC/C=C/CC/C=C/C(O)C(CO)NC(=O)CC(O)CCCCC/C=C\CCCCCCCCCCC. The van der Waals surface area contributed by atoms with Gasteiger partial charge >= 0.3 is 0 Å². The van der Waals surface area contributed by atoms with E-state index in [1.165, 1.54) is 116 Å². The molecule has 0 saturated heterocycles. The van der Waals surface area contributed by atoms with Crippen molar-refractivity contribution in [2.75, 3.05) is 6.61 Å². The van der Waals surface area contributed by atoms with Gasteiger partial charge in [-0.25, -0.2) is 0 Å². The van der Waals surface area contributed by atoms with Crippen LogP contribution in [0.25, 0.3) is 0 Å². The largest absolute Gasteiger partial charge is 0.394 e. The van der Waals surface area contributed by atoms with Gasteiger partial charge in [0, 0.05) is 0 Å². The summed E-state index contributed by atoms with van der Waals surface area (Å²) in [5.74, 6) is -0.336. The first-order chi connectivity index (χ1) is 22.0. The maximum Gasteiger partial charge on any atom is 0.222 e. The van der Waals surface area contributed by atoms with E-state index in [4.69, 9.17) is 0 Å². The third-order valence-corrected chi connectivity index (χ3v) is 8.65. The Morgan fingerprint density at radius 3 is 1.42 bits per heavy atom. The summed E-state index contributed by atoms with van der Waals surface area (Å²) in [5.41, 5.74) is 0. The topological polar surface area (TPSA) is 89.8 Å². The summed E-state index contributed by atoms with van der Waals surface area (Å²) in [6.07, 6.45) is 42.7. The van der Waals surface area contributed by atoms with E-state index in [-0.39, 0.29) is 18.9 Å². The molecule has 0 saturated carbocycles. The number of carbonyl (C=O) groups is 1. The second kappa shape index (κ2) is 35.4. The second-order valence-corrected chi connectivity index (χ2v) is 13.2. The number of aliphatic hydroxyl groups excluding tert-OH is 3. The van der Waals surface area contributed by atoms with E-state index in [9.17, 15) is 20.1 Å². The molecule has 0 aliphatic heterocycles. The highest BCUT2D eigenvalue weighted by Gasteiger charge is 2.20. The van der Waals surface area contributed by atoms with E-state index >= 15 is 0 Å². The quantitative estimate of drug-likeness (QED) is 0.0419. The zero-order valence-corrected chi connectivity index (χ0v) is 29.7. The van der Waals surface area contributed by atoms with Gasteiger partial charge in [-0.3, -0.25) is 4.79 Å². The molecule has 1 amide bonds. The summed E-state index contributed by atoms with van der Waals surface area (Å²) in [6, 6.07) is -0.763. The van der Waals surface area contributed by atoms with Crippen molar-refractivity contribution in [3.05, 3.63) is 36.5 Å². The van der Waals surface area contributed by atoms with Gasteiger partial charge in [-0.15, -0.1) is 0 Å². The van der Waals surface area contributed by atoms with Crippen molar-refractivity contribution < 1.29 is 20.1 Å². The zero-order valence-electron chi connectivity index (χ0n) is 29.7. The molecule has 0 bridgehead atoms. The van der Waals surface area contributed by atoms with Crippen molar-refractivity contribution in [1.82, 2.24) is 5.32 Å². The van der Waals surface area contributed by atoms with Crippen LogP contribution in [-0.2, 0) is 4.79 Å². The van der Waals surface area contributed by atoms with E-state index in [0.717, 1.165) is 44.9 Å². The van der Waals surface area contributed by atoms with Crippen LogP contribution in [-0.4, -0.2) is 46.1 Å². The van der Waals surface area contributed by atoms with Crippen molar-refractivity contribution in [1.29, 1.82) is 0 Å². The Morgan fingerprint density at radius 1 is 0.556 bits per heavy atom. The molecule has 0 spiro atoms. The second-order valence-electron chi connectivity index (χ2n) is 13.2. The van der Waals surface area contributed by atoms with Crippen LogP contribution in [0.2, 0.25) is 0 Å². The Hall–Kier alpha value is -1.43. The minimum atomic E-state index is -0.953. The maximum absolute atomic E-state index is 12.4. The van der Waals surface area contributed by atoms with Gasteiger partial charge in [-0.05, 0) is 57.8 Å². The van der Waals surface area contributed by atoms with Crippen LogP contribution in [0.5, 0.6) is 0 Å². The summed E-state index contributed by atoms with van der Waals surface area (Å²) in [4.78, 5) is 12.4. The molecule has 3 unspecified atom stereocenters. The summed E-state index contributed by atoms with van der Waals surface area (Å²) in [6.45, 7) is 4.17. The highest BCUT2D eigenvalue weighted by Crippen LogP contribution is 2.13. The van der Waals surface area contributed by atoms with Gasteiger partial charge in [-0.2, -0.15) is 0 Å².